The highest BCUT2D eigenvalue weighted by atomic mass is 79.9. The van der Waals surface area contributed by atoms with Gasteiger partial charge in [-0.25, -0.2) is 0 Å². The lowest BCUT2D eigenvalue weighted by Crippen LogP contribution is -2.38. The Labute approximate surface area is 132 Å². The van der Waals surface area contributed by atoms with Gasteiger partial charge in [0.25, 0.3) is 5.56 Å². The van der Waals surface area contributed by atoms with Crippen LogP contribution in [0.4, 0.5) is 0 Å². The first-order valence-electron chi connectivity index (χ1n) is 6.80. The van der Waals surface area contributed by atoms with Crippen molar-refractivity contribution in [2.75, 3.05) is 5.33 Å². The third kappa shape index (κ3) is 2.33. The number of aromatic nitrogens is 1. The molecule has 0 N–H and O–H groups in total. The number of nitrogens with zero attached hydrogens (tertiary/aromatic N) is 1. The summed E-state index contributed by atoms with van der Waals surface area (Å²) < 4.78 is 7.81. The first-order chi connectivity index (χ1) is 10.0. The standard InChI is InChI=1S/C17H16BrNO2/c1-17(2)13(11-18)16(19-10-6-5-9-15(19)20)12-7-3-4-8-14(12)21-17/h3-10H,11H2,1-2H3. The van der Waals surface area contributed by atoms with Crippen molar-refractivity contribution in [2.45, 2.75) is 19.4 Å². The van der Waals surface area contributed by atoms with Crippen LogP contribution in [0.1, 0.15) is 19.4 Å². The quantitative estimate of drug-likeness (QED) is 0.777. The highest BCUT2D eigenvalue weighted by Crippen LogP contribution is 2.41. The van der Waals surface area contributed by atoms with E-state index in [9.17, 15) is 4.79 Å². The monoisotopic (exact) mass is 345 g/mol. The van der Waals surface area contributed by atoms with E-state index in [1.54, 1.807) is 22.9 Å². The summed E-state index contributed by atoms with van der Waals surface area (Å²) in [6.45, 7) is 4.04. The second-order valence-corrected chi connectivity index (χ2v) is 6.04. The van der Waals surface area contributed by atoms with E-state index in [1.165, 1.54) is 0 Å². The van der Waals surface area contributed by atoms with Gasteiger partial charge in [-0.05, 0) is 32.0 Å². The van der Waals surface area contributed by atoms with Crippen molar-refractivity contribution in [3.05, 3.63) is 70.2 Å². The van der Waals surface area contributed by atoms with Crippen molar-refractivity contribution in [1.29, 1.82) is 0 Å². The van der Waals surface area contributed by atoms with E-state index in [1.807, 2.05) is 44.2 Å². The number of alkyl halides is 1. The zero-order chi connectivity index (χ0) is 15.0. The Morgan fingerprint density at radius 2 is 1.86 bits per heavy atom. The van der Waals surface area contributed by atoms with Crippen LogP contribution in [0.15, 0.2) is 59.0 Å². The summed E-state index contributed by atoms with van der Waals surface area (Å²) in [5.41, 5.74) is 2.39. The maximum Gasteiger partial charge on any atom is 0.255 e. The molecule has 1 aliphatic heterocycles. The average molecular weight is 346 g/mol. The fourth-order valence-corrected chi connectivity index (χ4v) is 3.59. The summed E-state index contributed by atoms with van der Waals surface area (Å²) in [5, 5.41) is 0.644. The minimum Gasteiger partial charge on any atom is -0.483 e. The molecule has 108 valence electrons. The molecule has 0 saturated heterocycles. The summed E-state index contributed by atoms with van der Waals surface area (Å²) in [4.78, 5) is 12.3. The number of para-hydroxylation sites is 1. The highest BCUT2D eigenvalue weighted by Gasteiger charge is 2.35. The highest BCUT2D eigenvalue weighted by molar-refractivity contribution is 9.09. The van der Waals surface area contributed by atoms with Crippen LogP contribution in [0, 0.1) is 0 Å². The van der Waals surface area contributed by atoms with Crippen LogP contribution < -0.4 is 10.3 Å². The SMILES string of the molecule is CC1(C)Oc2ccccc2C(n2ccccc2=O)=C1CBr. The minimum atomic E-state index is -0.470. The fourth-order valence-electron chi connectivity index (χ4n) is 2.65. The fraction of sp³-hybridized carbons (Fsp3) is 0.235. The van der Waals surface area contributed by atoms with E-state index < -0.39 is 5.60 Å². The maximum absolute atomic E-state index is 12.3. The molecule has 1 aromatic heterocycles. The first-order valence-corrected chi connectivity index (χ1v) is 7.93. The van der Waals surface area contributed by atoms with Gasteiger partial charge in [0.2, 0.25) is 0 Å². The Balaban J connectivity index is 2.38. The Morgan fingerprint density at radius 1 is 1.14 bits per heavy atom. The van der Waals surface area contributed by atoms with Crippen LogP contribution in [0.3, 0.4) is 0 Å². The van der Waals surface area contributed by atoms with Crippen LogP contribution in [0.2, 0.25) is 0 Å². The second-order valence-electron chi connectivity index (χ2n) is 5.48. The molecule has 0 spiro atoms. The number of hydrogen-bond acceptors (Lipinski definition) is 2. The molecular formula is C17H16BrNO2. The Hall–Kier alpha value is -1.81. The maximum atomic E-state index is 12.3. The van der Waals surface area contributed by atoms with Crippen molar-refractivity contribution >= 4 is 21.6 Å². The normalized spacial score (nSPS) is 16.3. The Bertz CT molecular complexity index is 774. The van der Waals surface area contributed by atoms with E-state index in [0.29, 0.717) is 5.33 Å². The molecule has 0 atom stereocenters. The largest absolute Gasteiger partial charge is 0.483 e. The predicted molar refractivity (Wildman–Crippen MR) is 88.0 cm³/mol. The van der Waals surface area contributed by atoms with Crippen molar-refractivity contribution in [3.8, 4) is 5.75 Å². The topological polar surface area (TPSA) is 31.2 Å². The number of fused-ring (bicyclic) bond motifs is 1. The van der Waals surface area contributed by atoms with E-state index in [2.05, 4.69) is 15.9 Å². The summed E-state index contributed by atoms with van der Waals surface area (Å²) >= 11 is 3.55. The van der Waals surface area contributed by atoms with Gasteiger partial charge in [0.1, 0.15) is 11.4 Å². The number of hydrogen-bond donors (Lipinski definition) is 0. The zero-order valence-corrected chi connectivity index (χ0v) is 13.6. The number of pyridine rings is 1. The lowest BCUT2D eigenvalue weighted by Gasteiger charge is -2.36. The van der Waals surface area contributed by atoms with Gasteiger partial charge in [0, 0.05) is 28.7 Å². The molecule has 1 aromatic carbocycles. The number of halogens is 1. The lowest BCUT2D eigenvalue weighted by atomic mass is 9.90. The molecule has 0 amide bonds. The van der Waals surface area contributed by atoms with Crippen molar-refractivity contribution in [3.63, 3.8) is 0 Å². The number of benzene rings is 1. The van der Waals surface area contributed by atoms with Gasteiger partial charge in [0.15, 0.2) is 0 Å². The van der Waals surface area contributed by atoms with E-state index >= 15 is 0 Å². The minimum absolute atomic E-state index is 0.0431. The molecule has 21 heavy (non-hydrogen) atoms. The molecule has 3 nitrogen and oxygen atoms in total. The van der Waals surface area contributed by atoms with Gasteiger partial charge in [0.05, 0.1) is 5.70 Å². The second kappa shape index (κ2) is 5.19. The molecule has 0 saturated carbocycles. The molecule has 0 radical (unpaired) electrons. The number of ether oxygens (including phenoxy) is 1. The van der Waals surface area contributed by atoms with Crippen molar-refractivity contribution < 1.29 is 4.74 Å². The average Bonchev–Trinajstić information content (AvgIpc) is 2.45. The smallest absolute Gasteiger partial charge is 0.255 e. The predicted octanol–water partition coefficient (Wildman–Crippen LogP) is 3.67. The lowest BCUT2D eigenvalue weighted by molar-refractivity contribution is 0.144. The summed E-state index contributed by atoms with van der Waals surface area (Å²) in [5.74, 6) is 0.804. The van der Waals surface area contributed by atoms with E-state index in [4.69, 9.17) is 4.74 Å². The molecule has 2 heterocycles. The molecule has 0 unspecified atom stereocenters. The summed E-state index contributed by atoms with van der Waals surface area (Å²) in [6.07, 6.45) is 1.80. The molecule has 0 fully saturated rings. The third-order valence-electron chi connectivity index (χ3n) is 3.72. The van der Waals surface area contributed by atoms with Crippen molar-refractivity contribution in [2.24, 2.45) is 0 Å². The van der Waals surface area contributed by atoms with Gasteiger partial charge in [-0.15, -0.1) is 0 Å². The van der Waals surface area contributed by atoms with Crippen LogP contribution >= 0.6 is 15.9 Å². The number of rotatable bonds is 2. The van der Waals surface area contributed by atoms with Crippen LogP contribution in [-0.2, 0) is 0 Å². The molecule has 1 aliphatic rings. The van der Waals surface area contributed by atoms with E-state index in [-0.39, 0.29) is 5.56 Å². The van der Waals surface area contributed by atoms with Crippen molar-refractivity contribution in [1.82, 2.24) is 4.57 Å². The van der Waals surface area contributed by atoms with Crippen LogP contribution in [0.5, 0.6) is 5.75 Å². The van der Waals surface area contributed by atoms with Gasteiger partial charge < -0.3 is 4.74 Å². The molecule has 0 aliphatic carbocycles. The Morgan fingerprint density at radius 3 is 2.57 bits per heavy atom. The molecule has 3 rings (SSSR count). The molecule has 0 bridgehead atoms. The van der Waals surface area contributed by atoms with E-state index in [0.717, 1.165) is 22.6 Å². The van der Waals surface area contributed by atoms with Gasteiger partial charge in [-0.2, -0.15) is 0 Å². The molecule has 2 aromatic rings. The summed E-state index contributed by atoms with van der Waals surface area (Å²) in [6, 6.07) is 13.0. The molecule has 4 heteroatoms. The first kappa shape index (κ1) is 14.1. The van der Waals surface area contributed by atoms with Gasteiger partial charge >= 0.3 is 0 Å². The van der Waals surface area contributed by atoms with Crippen LogP contribution in [-0.4, -0.2) is 15.5 Å². The zero-order valence-electron chi connectivity index (χ0n) is 12.0. The Kier molecular flexibility index (Phi) is 3.49. The van der Waals surface area contributed by atoms with Gasteiger partial charge in [-0.3, -0.25) is 9.36 Å². The van der Waals surface area contributed by atoms with Gasteiger partial charge in [-0.1, -0.05) is 34.1 Å². The summed E-state index contributed by atoms with van der Waals surface area (Å²) in [7, 11) is 0. The van der Waals surface area contributed by atoms with Crippen LogP contribution in [0.25, 0.3) is 5.70 Å². The third-order valence-corrected chi connectivity index (χ3v) is 4.28. The molecular weight excluding hydrogens is 330 g/mol.